The zero-order valence-corrected chi connectivity index (χ0v) is 13.1. The van der Waals surface area contributed by atoms with Crippen molar-refractivity contribution in [2.24, 2.45) is 0 Å². The summed E-state index contributed by atoms with van der Waals surface area (Å²) in [6, 6.07) is 13.0. The standard InChI is InChI=1S/C17H15ClN4O/c18-15-6-8-19-16(10-15)17(23)20-11-13-4-1-2-5-14(13)12-22-9-3-7-21-22/h1-10H,11-12H2,(H,20,23). The van der Waals surface area contributed by atoms with Gasteiger partial charge in [0.05, 0.1) is 6.54 Å². The SMILES string of the molecule is O=C(NCc1ccccc1Cn1cccn1)c1cc(Cl)ccn1. The number of carbonyl (C=O) groups is 1. The van der Waals surface area contributed by atoms with Gasteiger partial charge < -0.3 is 5.32 Å². The molecular weight excluding hydrogens is 312 g/mol. The van der Waals surface area contributed by atoms with E-state index in [-0.39, 0.29) is 5.91 Å². The minimum atomic E-state index is -0.249. The summed E-state index contributed by atoms with van der Waals surface area (Å²) < 4.78 is 1.85. The third kappa shape index (κ3) is 3.96. The summed E-state index contributed by atoms with van der Waals surface area (Å²) in [4.78, 5) is 16.2. The summed E-state index contributed by atoms with van der Waals surface area (Å²) in [5.41, 5.74) is 2.45. The highest BCUT2D eigenvalue weighted by Crippen LogP contribution is 2.11. The van der Waals surface area contributed by atoms with Crippen LogP contribution >= 0.6 is 11.6 Å². The molecule has 2 aromatic heterocycles. The minimum absolute atomic E-state index is 0.249. The fourth-order valence-electron chi connectivity index (χ4n) is 2.25. The van der Waals surface area contributed by atoms with Gasteiger partial charge in [-0.25, -0.2) is 0 Å². The summed E-state index contributed by atoms with van der Waals surface area (Å²) >= 11 is 5.88. The minimum Gasteiger partial charge on any atom is -0.347 e. The number of nitrogens with zero attached hydrogens (tertiary/aromatic N) is 3. The number of benzene rings is 1. The van der Waals surface area contributed by atoms with Crippen molar-refractivity contribution in [3.05, 3.63) is 82.9 Å². The molecule has 116 valence electrons. The number of hydrogen-bond donors (Lipinski definition) is 1. The first-order valence-corrected chi connectivity index (χ1v) is 7.54. The molecule has 0 aliphatic rings. The highest BCUT2D eigenvalue weighted by Gasteiger charge is 2.09. The van der Waals surface area contributed by atoms with Crippen LogP contribution in [-0.2, 0) is 13.1 Å². The maximum atomic E-state index is 12.1. The Bertz CT molecular complexity index is 802. The van der Waals surface area contributed by atoms with E-state index >= 15 is 0 Å². The Hall–Kier alpha value is -2.66. The van der Waals surface area contributed by atoms with E-state index in [1.54, 1.807) is 18.3 Å². The van der Waals surface area contributed by atoms with E-state index in [1.165, 1.54) is 6.20 Å². The van der Waals surface area contributed by atoms with Crippen molar-refractivity contribution < 1.29 is 4.79 Å². The first kappa shape index (κ1) is 15.2. The lowest BCUT2D eigenvalue weighted by atomic mass is 10.1. The van der Waals surface area contributed by atoms with Crippen LogP contribution in [0.5, 0.6) is 0 Å². The predicted octanol–water partition coefficient (Wildman–Crippen LogP) is 2.91. The van der Waals surface area contributed by atoms with E-state index in [4.69, 9.17) is 11.6 Å². The van der Waals surface area contributed by atoms with Gasteiger partial charge in [-0.2, -0.15) is 5.10 Å². The molecular formula is C17H15ClN4O. The van der Waals surface area contributed by atoms with Gasteiger partial charge in [-0.3, -0.25) is 14.5 Å². The van der Waals surface area contributed by atoms with Gasteiger partial charge in [0.2, 0.25) is 0 Å². The summed E-state index contributed by atoms with van der Waals surface area (Å²) in [5.74, 6) is -0.249. The van der Waals surface area contributed by atoms with Crippen molar-refractivity contribution in [1.82, 2.24) is 20.1 Å². The zero-order valence-electron chi connectivity index (χ0n) is 12.3. The van der Waals surface area contributed by atoms with E-state index < -0.39 is 0 Å². The molecule has 0 aliphatic heterocycles. The molecule has 0 saturated heterocycles. The average Bonchev–Trinajstić information content (AvgIpc) is 3.07. The molecule has 2 heterocycles. The smallest absolute Gasteiger partial charge is 0.270 e. The fourth-order valence-corrected chi connectivity index (χ4v) is 2.41. The summed E-state index contributed by atoms with van der Waals surface area (Å²) in [6.07, 6.45) is 5.17. The lowest BCUT2D eigenvalue weighted by Crippen LogP contribution is -2.24. The number of amides is 1. The van der Waals surface area contributed by atoms with Crippen LogP contribution in [0.2, 0.25) is 5.02 Å². The molecule has 0 atom stereocenters. The molecule has 1 amide bonds. The molecule has 0 saturated carbocycles. The van der Waals surface area contributed by atoms with Crippen LogP contribution in [0.1, 0.15) is 21.6 Å². The second kappa shape index (κ2) is 7.07. The van der Waals surface area contributed by atoms with Gasteiger partial charge in [-0.1, -0.05) is 35.9 Å². The van der Waals surface area contributed by atoms with E-state index in [2.05, 4.69) is 15.4 Å². The van der Waals surface area contributed by atoms with Crippen molar-refractivity contribution in [3.63, 3.8) is 0 Å². The predicted molar refractivity (Wildman–Crippen MR) is 88.2 cm³/mol. The molecule has 0 radical (unpaired) electrons. The van der Waals surface area contributed by atoms with Crippen LogP contribution in [0, 0.1) is 0 Å². The molecule has 6 heteroatoms. The maximum absolute atomic E-state index is 12.1. The molecule has 0 fully saturated rings. The Labute approximate surface area is 138 Å². The van der Waals surface area contributed by atoms with Crippen LogP contribution in [0.3, 0.4) is 0 Å². The Kier molecular flexibility index (Phi) is 4.68. The molecule has 0 spiro atoms. The second-order valence-electron chi connectivity index (χ2n) is 5.01. The van der Waals surface area contributed by atoms with Crippen molar-refractivity contribution in [2.45, 2.75) is 13.1 Å². The maximum Gasteiger partial charge on any atom is 0.270 e. The van der Waals surface area contributed by atoms with Crippen molar-refractivity contribution in [2.75, 3.05) is 0 Å². The van der Waals surface area contributed by atoms with Crippen LogP contribution in [0.4, 0.5) is 0 Å². The molecule has 0 bridgehead atoms. The van der Waals surface area contributed by atoms with Gasteiger partial charge in [-0.15, -0.1) is 0 Å². The van der Waals surface area contributed by atoms with Gasteiger partial charge in [0.25, 0.3) is 5.91 Å². The summed E-state index contributed by atoms with van der Waals surface area (Å²) in [5, 5.41) is 7.57. The van der Waals surface area contributed by atoms with E-state index in [1.807, 2.05) is 41.2 Å². The normalized spacial score (nSPS) is 10.5. The van der Waals surface area contributed by atoms with Gasteiger partial charge >= 0.3 is 0 Å². The first-order chi connectivity index (χ1) is 11.2. The highest BCUT2D eigenvalue weighted by molar-refractivity contribution is 6.30. The first-order valence-electron chi connectivity index (χ1n) is 7.16. The van der Waals surface area contributed by atoms with Crippen molar-refractivity contribution in [1.29, 1.82) is 0 Å². The number of rotatable bonds is 5. The number of halogens is 1. The molecule has 0 unspecified atom stereocenters. The summed E-state index contributed by atoms with van der Waals surface area (Å²) in [6.45, 7) is 1.08. The van der Waals surface area contributed by atoms with Gasteiger partial charge in [0.1, 0.15) is 5.69 Å². The molecule has 3 aromatic rings. The molecule has 1 aromatic carbocycles. The summed E-state index contributed by atoms with van der Waals surface area (Å²) in [7, 11) is 0. The average molecular weight is 327 g/mol. The fraction of sp³-hybridized carbons (Fsp3) is 0.118. The number of aromatic nitrogens is 3. The van der Waals surface area contributed by atoms with Crippen LogP contribution in [0.25, 0.3) is 0 Å². The number of nitrogens with one attached hydrogen (secondary N) is 1. The molecule has 3 rings (SSSR count). The van der Waals surface area contributed by atoms with Gasteiger partial charge in [0.15, 0.2) is 0 Å². The van der Waals surface area contributed by atoms with Crippen molar-refractivity contribution >= 4 is 17.5 Å². The van der Waals surface area contributed by atoms with Crippen LogP contribution < -0.4 is 5.32 Å². The van der Waals surface area contributed by atoms with E-state index in [9.17, 15) is 4.79 Å². The number of pyridine rings is 1. The van der Waals surface area contributed by atoms with E-state index in [0.717, 1.165) is 11.1 Å². The number of carbonyl (C=O) groups excluding carboxylic acids is 1. The Morgan fingerprint density at radius 2 is 1.96 bits per heavy atom. The Balaban J connectivity index is 1.69. The lowest BCUT2D eigenvalue weighted by Gasteiger charge is -2.11. The zero-order chi connectivity index (χ0) is 16.1. The molecule has 1 N–H and O–H groups in total. The molecule has 5 nitrogen and oxygen atoms in total. The second-order valence-corrected chi connectivity index (χ2v) is 5.45. The number of hydrogen-bond acceptors (Lipinski definition) is 3. The topological polar surface area (TPSA) is 59.8 Å². The van der Waals surface area contributed by atoms with Crippen LogP contribution in [-0.4, -0.2) is 20.7 Å². The third-order valence-electron chi connectivity index (χ3n) is 3.40. The van der Waals surface area contributed by atoms with Crippen molar-refractivity contribution in [3.8, 4) is 0 Å². The third-order valence-corrected chi connectivity index (χ3v) is 3.64. The van der Waals surface area contributed by atoms with E-state index in [0.29, 0.717) is 23.8 Å². The lowest BCUT2D eigenvalue weighted by molar-refractivity contribution is 0.0946. The Morgan fingerprint density at radius 3 is 2.70 bits per heavy atom. The molecule has 23 heavy (non-hydrogen) atoms. The quantitative estimate of drug-likeness (QED) is 0.784. The van der Waals surface area contributed by atoms with Gasteiger partial charge in [0, 0.05) is 30.2 Å². The highest BCUT2D eigenvalue weighted by atomic mass is 35.5. The van der Waals surface area contributed by atoms with Gasteiger partial charge in [-0.05, 0) is 29.3 Å². The molecule has 0 aliphatic carbocycles. The van der Waals surface area contributed by atoms with Crippen LogP contribution in [0.15, 0.2) is 61.1 Å². The largest absolute Gasteiger partial charge is 0.347 e. The Morgan fingerprint density at radius 1 is 1.13 bits per heavy atom. The monoisotopic (exact) mass is 326 g/mol.